The molecule has 1 aromatic rings. The molecule has 1 heterocycles. The molecule has 1 aliphatic heterocycles. The number of benzene rings is 1. The lowest BCUT2D eigenvalue weighted by molar-refractivity contribution is -0.115. The van der Waals surface area contributed by atoms with E-state index in [-0.39, 0.29) is 24.5 Å². The molecule has 21 heavy (non-hydrogen) atoms. The number of hydrogen-bond donors (Lipinski definition) is 1. The number of nitrogens with one attached hydrogen (secondary N) is 1. The molecule has 1 fully saturated rings. The number of nitrogens with zero attached hydrogens (tertiary/aromatic N) is 2. The summed E-state index contributed by atoms with van der Waals surface area (Å²) in [7, 11) is 0. The second kappa shape index (κ2) is 6.79. The molecule has 1 amide bonds. The van der Waals surface area contributed by atoms with Gasteiger partial charge in [-0.25, -0.2) is 0 Å². The van der Waals surface area contributed by atoms with Crippen LogP contribution in [0.4, 0.5) is 11.4 Å². The summed E-state index contributed by atoms with van der Waals surface area (Å²) >= 11 is 6.32. The third-order valence-electron chi connectivity index (χ3n) is 3.23. The zero-order valence-corrected chi connectivity index (χ0v) is 12.9. The standard InChI is InChI=1S/C15H18ClN3O2/c1-10-8-19(9-11(2)21-10)14-4-3-12(7-13(14)16)18-15(20)5-6-17/h3-4,7,10-11H,5,8-9H2,1-2H3,(H,18,20). The lowest BCUT2D eigenvalue weighted by atomic mass is 10.2. The molecule has 0 spiro atoms. The Morgan fingerprint density at radius 2 is 2.14 bits per heavy atom. The monoisotopic (exact) mass is 307 g/mol. The van der Waals surface area contributed by atoms with Gasteiger partial charge in [-0.2, -0.15) is 5.26 Å². The molecule has 0 saturated carbocycles. The van der Waals surface area contributed by atoms with Crippen LogP contribution in [0.25, 0.3) is 0 Å². The highest BCUT2D eigenvalue weighted by Gasteiger charge is 2.23. The van der Waals surface area contributed by atoms with Crippen molar-refractivity contribution in [2.24, 2.45) is 0 Å². The second-order valence-electron chi connectivity index (χ2n) is 5.21. The minimum absolute atomic E-state index is 0.153. The number of rotatable bonds is 3. The smallest absolute Gasteiger partial charge is 0.238 e. The number of halogens is 1. The Bertz CT molecular complexity index is 561. The van der Waals surface area contributed by atoms with Crippen LogP contribution in [0.5, 0.6) is 0 Å². The molecule has 1 saturated heterocycles. The summed E-state index contributed by atoms with van der Waals surface area (Å²) in [6.45, 7) is 5.63. The van der Waals surface area contributed by atoms with Crippen molar-refractivity contribution >= 4 is 28.9 Å². The molecule has 2 atom stereocenters. The Hall–Kier alpha value is -1.77. The molecule has 0 aromatic heterocycles. The van der Waals surface area contributed by atoms with E-state index in [9.17, 15) is 4.79 Å². The minimum Gasteiger partial charge on any atom is -0.372 e. The van der Waals surface area contributed by atoms with Crippen LogP contribution in [-0.2, 0) is 9.53 Å². The Morgan fingerprint density at radius 1 is 1.48 bits per heavy atom. The SMILES string of the molecule is CC1CN(c2ccc(NC(=O)CC#N)cc2Cl)CC(C)O1. The molecule has 2 rings (SSSR count). The van der Waals surface area contributed by atoms with E-state index < -0.39 is 0 Å². The van der Waals surface area contributed by atoms with E-state index in [4.69, 9.17) is 21.6 Å². The van der Waals surface area contributed by atoms with Crippen molar-refractivity contribution in [1.82, 2.24) is 0 Å². The fourth-order valence-electron chi connectivity index (χ4n) is 2.49. The predicted octanol–water partition coefficient (Wildman–Crippen LogP) is 2.81. The number of amides is 1. The highest BCUT2D eigenvalue weighted by molar-refractivity contribution is 6.33. The van der Waals surface area contributed by atoms with Gasteiger partial charge in [-0.1, -0.05) is 11.6 Å². The van der Waals surface area contributed by atoms with Gasteiger partial charge in [0, 0.05) is 18.8 Å². The fourth-order valence-corrected chi connectivity index (χ4v) is 2.79. The molecule has 6 heteroatoms. The van der Waals surface area contributed by atoms with Gasteiger partial charge in [0.1, 0.15) is 6.42 Å². The predicted molar refractivity (Wildman–Crippen MR) is 82.5 cm³/mol. The van der Waals surface area contributed by atoms with Crippen molar-refractivity contribution in [3.05, 3.63) is 23.2 Å². The first-order valence-electron chi connectivity index (χ1n) is 6.86. The Kier molecular flexibility index (Phi) is 5.05. The molecular weight excluding hydrogens is 290 g/mol. The summed E-state index contributed by atoms with van der Waals surface area (Å²) in [5.74, 6) is -0.338. The molecule has 5 nitrogen and oxygen atoms in total. The quantitative estimate of drug-likeness (QED) is 0.932. The van der Waals surface area contributed by atoms with Gasteiger partial charge in [-0.15, -0.1) is 0 Å². The average Bonchev–Trinajstić information content (AvgIpc) is 2.37. The number of anilines is 2. The highest BCUT2D eigenvalue weighted by atomic mass is 35.5. The molecule has 112 valence electrons. The topological polar surface area (TPSA) is 65.4 Å². The summed E-state index contributed by atoms with van der Waals surface area (Å²) < 4.78 is 5.71. The molecule has 1 N–H and O–H groups in total. The minimum atomic E-state index is -0.338. The van der Waals surface area contributed by atoms with Crippen molar-refractivity contribution in [1.29, 1.82) is 5.26 Å². The third-order valence-corrected chi connectivity index (χ3v) is 3.53. The first-order chi connectivity index (χ1) is 9.99. The normalized spacial score (nSPS) is 21.7. The number of carbonyl (C=O) groups excluding carboxylic acids is 1. The van der Waals surface area contributed by atoms with Crippen LogP contribution in [-0.4, -0.2) is 31.2 Å². The molecule has 0 aliphatic carbocycles. The summed E-state index contributed by atoms with van der Waals surface area (Å²) in [6, 6.07) is 7.19. The maximum Gasteiger partial charge on any atom is 0.238 e. The van der Waals surface area contributed by atoms with Crippen molar-refractivity contribution < 1.29 is 9.53 Å². The van der Waals surface area contributed by atoms with E-state index in [1.165, 1.54) is 0 Å². The number of morpholine rings is 1. The Morgan fingerprint density at radius 3 is 2.71 bits per heavy atom. The van der Waals surface area contributed by atoms with Crippen molar-refractivity contribution in [2.75, 3.05) is 23.3 Å². The zero-order chi connectivity index (χ0) is 15.4. The van der Waals surface area contributed by atoms with Crippen LogP contribution in [0, 0.1) is 11.3 Å². The lowest BCUT2D eigenvalue weighted by Gasteiger charge is -2.37. The van der Waals surface area contributed by atoms with Crippen LogP contribution < -0.4 is 10.2 Å². The summed E-state index contributed by atoms with van der Waals surface area (Å²) in [6.07, 6.45) is 0.136. The highest BCUT2D eigenvalue weighted by Crippen LogP contribution is 2.31. The lowest BCUT2D eigenvalue weighted by Crippen LogP contribution is -2.45. The van der Waals surface area contributed by atoms with Crippen LogP contribution in [0.2, 0.25) is 5.02 Å². The number of hydrogen-bond acceptors (Lipinski definition) is 4. The molecule has 2 unspecified atom stereocenters. The molecule has 1 aliphatic rings. The summed E-state index contributed by atoms with van der Waals surface area (Å²) in [4.78, 5) is 13.6. The Labute approximate surface area is 129 Å². The second-order valence-corrected chi connectivity index (χ2v) is 5.62. The van der Waals surface area contributed by atoms with Crippen LogP contribution in [0.3, 0.4) is 0 Å². The number of ether oxygens (including phenoxy) is 1. The van der Waals surface area contributed by atoms with Crippen molar-refractivity contribution in [3.63, 3.8) is 0 Å². The number of nitriles is 1. The molecule has 1 aromatic carbocycles. The van der Waals surface area contributed by atoms with Crippen molar-refractivity contribution in [3.8, 4) is 6.07 Å². The average molecular weight is 308 g/mol. The van der Waals surface area contributed by atoms with Gasteiger partial charge >= 0.3 is 0 Å². The van der Waals surface area contributed by atoms with Crippen LogP contribution >= 0.6 is 11.6 Å². The summed E-state index contributed by atoms with van der Waals surface area (Å²) in [5.41, 5.74) is 1.52. The van der Waals surface area contributed by atoms with Crippen LogP contribution in [0.15, 0.2) is 18.2 Å². The maximum absolute atomic E-state index is 11.4. The van der Waals surface area contributed by atoms with Gasteiger partial charge in [-0.3, -0.25) is 4.79 Å². The van der Waals surface area contributed by atoms with Gasteiger partial charge in [0.2, 0.25) is 5.91 Å². The van der Waals surface area contributed by atoms with Gasteiger partial charge in [-0.05, 0) is 32.0 Å². The third kappa shape index (κ3) is 4.10. The van der Waals surface area contributed by atoms with E-state index in [1.54, 1.807) is 12.1 Å². The van der Waals surface area contributed by atoms with E-state index in [0.29, 0.717) is 10.7 Å². The molecular formula is C15H18ClN3O2. The van der Waals surface area contributed by atoms with E-state index in [0.717, 1.165) is 18.8 Å². The first-order valence-corrected chi connectivity index (χ1v) is 7.24. The molecule has 0 radical (unpaired) electrons. The number of carbonyl (C=O) groups is 1. The zero-order valence-electron chi connectivity index (χ0n) is 12.1. The van der Waals surface area contributed by atoms with E-state index >= 15 is 0 Å². The van der Waals surface area contributed by atoms with Gasteiger partial charge in [0.05, 0.1) is 29.0 Å². The maximum atomic E-state index is 11.4. The van der Waals surface area contributed by atoms with Gasteiger partial charge in [0.15, 0.2) is 0 Å². The summed E-state index contributed by atoms with van der Waals surface area (Å²) in [5, 5.41) is 11.7. The van der Waals surface area contributed by atoms with Crippen LogP contribution in [0.1, 0.15) is 20.3 Å². The largest absolute Gasteiger partial charge is 0.372 e. The van der Waals surface area contributed by atoms with Gasteiger partial charge < -0.3 is 15.0 Å². The Balaban J connectivity index is 2.12. The fraction of sp³-hybridized carbons (Fsp3) is 0.467. The van der Waals surface area contributed by atoms with E-state index in [1.807, 2.05) is 26.0 Å². The van der Waals surface area contributed by atoms with E-state index in [2.05, 4.69) is 10.2 Å². The molecule has 0 bridgehead atoms. The van der Waals surface area contributed by atoms with Gasteiger partial charge in [0.25, 0.3) is 0 Å². The van der Waals surface area contributed by atoms with Crippen molar-refractivity contribution in [2.45, 2.75) is 32.5 Å². The first kappa shape index (κ1) is 15.6.